The lowest BCUT2D eigenvalue weighted by Gasteiger charge is -2.39. The van der Waals surface area contributed by atoms with E-state index in [1.54, 1.807) is 0 Å². The third-order valence-electron chi connectivity index (χ3n) is 4.25. The van der Waals surface area contributed by atoms with Crippen molar-refractivity contribution < 1.29 is 9.53 Å². The Morgan fingerprint density at radius 2 is 1.74 bits per heavy atom. The minimum atomic E-state index is 0.117. The predicted molar refractivity (Wildman–Crippen MR) is 90.4 cm³/mol. The van der Waals surface area contributed by atoms with E-state index >= 15 is 0 Å². The van der Waals surface area contributed by atoms with Crippen molar-refractivity contribution in [3.8, 4) is 6.07 Å². The minimum absolute atomic E-state index is 0.117. The average molecular weight is 379 g/mol. The second kappa shape index (κ2) is 7.20. The molecule has 2 aliphatic heterocycles. The number of urea groups is 1. The highest BCUT2D eigenvalue weighted by Gasteiger charge is 2.26. The van der Waals surface area contributed by atoms with Gasteiger partial charge >= 0.3 is 6.03 Å². The van der Waals surface area contributed by atoms with Gasteiger partial charge in [-0.2, -0.15) is 5.26 Å². The van der Waals surface area contributed by atoms with Gasteiger partial charge in [0, 0.05) is 43.7 Å². The molecule has 2 fully saturated rings. The zero-order valence-corrected chi connectivity index (χ0v) is 14.5. The van der Waals surface area contributed by atoms with E-state index < -0.39 is 0 Å². The third-order valence-corrected chi connectivity index (χ3v) is 4.88. The lowest BCUT2D eigenvalue weighted by atomic mass is 10.2. The van der Waals surface area contributed by atoms with Gasteiger partial charge in [0.05, 0.1) is 30.5 Å². The molecule has 23 heavy (non-hydrogen) atoms. The maximum absolute atomic E-state index is 12.5. The van der Waals surface area contributed by atoms with E-state index in [0.717, 1.165) is 23.2 Å². The molecule has 0 unspecified atom stereocenters. The first-order valence-corrected chi connectivity index (χ1v) is 8.54. The Balaban J connectivity index is 1.60. The first-order valence-electron chi connectivity index (χ1n) is 7.75. The van der Waals surface area contributed by atoms with Gasteiger partial charge < -0.3 is 19.4 Å². The van der Waals surface area contributed by atoms with Crippen molar-refractivity contribution >= 4 is 27.6 Å². The van der Waals surface area contributed by atoms with Crippen LogP contribution in [0.4, 0.5) is 10.5 Å². The maximum atomic E-state index is 12.5. The number of carbonyl (C=O) groups excluding carboxylic acids is 1. The van der Waals surface area contributed by atoms with Crippen molar-refractivity contribution in [2.24, 2.45) is 0 Å². The third kappa shape index (κ3) is 3.59. The maximum Gasteiger partial charge on any atom is 0.320 e. The Bertz CT molecular complexity index is 617. The number of anilines is 1. The first kappa shape index (κ1) is 16.1. The zero-order valence-electron chi connectivity index (χ0n) is 12.9. The molecule has 0 spiro atoms. The second-order valence-electron chi connectivity index (χ2n) is 5.63. The van der Waals surface area contributed by atoms with E-state index in [2.05, 4.69) is 26.9 Å². The number of hydrogen-bond acceptors (Lipinski definition) is 4. The number of benzene rings is 1. The Morgan fingerprint density at radius 1 is 1.09 bits per heavy atom. The fraction of sp³-hybridized carbons (Fsp3) is 0.500. The fourth-order valence-corrected chi connectivity index (χ4v) is 3.56. The van der Waals surface area contributed by atoms with Crippen LogP contribution in [0.25, 0.3) is 0 Å². The van der Waals surface area contributed by atoms with Gasteiger partial charge in [-0.3, -0.25) is 0 Å². The van der Waals surface area contributed by atoms with E-state index in [9.17, 15) is 4.79 Å². The van der Waals surface area contributed by atoms with Crippen LogP contribution in [0.5, 0.6) is 0 Å². The molecule has 0 radical (unpaired) electrons. The van der Waals surface area contributed by atoms with E-state index in [-0.39, 0.29) is 6.03 Å². The molecule has 6 nitrogen and oxygen atoms in total. The SMILES string of the molecule is N#Cc1ccc(N2CCN(C(=O)N3CCOCC3)CC2)c(Br)c1. The quantitative estimate of drug-likeness (QED) is 0.748. The Labute approximate surface area is 144 Å². The number of rotatable bonds is 1. The molecule has 0 bridgehead atoms. The molecule has 0 atom stereocenters. The first-order chi connectivity index (χ1) is 11.2. The van der Waals surface area contributed by atoms with Gasteiger partial charge in [0.2, 0.25) is 0 Å². The molecule has 0 aliphatic carbocycles. The van der Waals surface area contributed by atoms with Crippen molar-refractivity contribution in [3.63, 3.8) is 0 Å². The molecule has 2 heterocycles. The van der Waals surface area contributed by atoms with Crippen molar-refractivity contribution in [3.05, 3.63) is 28.2 Å². The van der Waals surface area contributed by atoms with Crippen LogP contribution in [0.15, 0.2) is 22.7 Å². The van der Waals surface area contributed by atoms with E-state index in [0.29, 0.717) is 45.0 Å². The lowest BCUT2D eigenvalue weighted by molar-refractivity contribution is 0.0428. The second-order valence-corrected chi connectivity index (χ2v) is 6.49. The number of halogens is 1. The fourth-order valence-electron chi connectivity index (χ4n) is 2.93. The number of amides is 2. The Kier molecular flexibility index (Phi) is 5.03. The molecule has 0 saturated carbocycles. The summed E-state index contributed by atoms with van der Waals surface area (Å²) in [5, 5.41) is 8.94. The summed E-state index contributed by atoms with van der Waals surface area (Å²) in [4.78, 5) is 18.5. The summed E-state index contributed by atoms with van der Waals surface area (Å²) in [7, 11) is 0. The van der Waals surface area contributed by atoms with Gasteiger partial charge in [-0.25, -0.2) is 4.79 Å². The number of piperazine rings is 1. The van der Waals surface area contributed by atoms with Crippen LogP contribution in [0.2, 0.25) is 0 Å². The zero-order chi connectivity index (χ0) is 16.2. The van der Waals surface area contributed by atoms with Crippen molar-refractivity contribution in [2.75, 3.05) is 57.4 Å². The van der Waals surface area contributed by atoms with Crippen molar-refractivity contribution in [2.45, 2.75) is 0 Å². The smallest absolute Gasteiger partial charge is 0.320 e. The van der Waals surface area contributed by atoms with Crippen LogP contribution in [-0.2, 0) is 4.74 Å². The number of nitrogens with zero attached hydrogens (tertiary/aromatic N) is 4. The number of nitriles is 1. The monoisotopic (exact) mass is 378 g/mol. The predicted octanol–water partition coefficient (Wildman–Crippen LogP) is 1.89. The average Bonchev–Trinajstić information content (AvgIpc) is 2.62. The molecular weight excluding hydrogens is 360 g/mol. The molecule has 2 aliphatic rings. The number of hydrogen-bond donors (Lipinski definition) is 0. The molecule has 2 saturated heterocycles. The summed E-state index contributed by atoms with van der Waals surface area (Å²) in [5.41, 5.74) is 1.71. The van der Waals surface area contributed by atoms with Crippen LogP contribution in [-0.4, -0.2) is 68.3 Å². The summed E-state index contributed by atoms with van der Waals surface area (Å²) in [5.74, 6) is 0. The van der Waals surface area contributed by atoms with E-state index in [1.165, 1.54) is 0 Å². The van der Waals surface area contributed by atoms with Gasteiger partial charge in [0.25, 0.3) is 0 Å². The molecule has 3 rings (SSSR count). The van der Waals surface area contributed by atoms with Gasteiger partial charge in [0.1, 0.15) is 0 Å². The van der Waals surface area contributed by atoms with Crippen LogP contribution < -0.4 is 4.90 Å². The highest BCUT2D eigenvalue weighted by molar-refractivity contribution is 9.10. The van der Waals surface area contributed by atoms with Crippen molar-refractivity contribution in [1.82, 2.24) is 9.80 Å². The van der Waals surface area contributed by atoms with E-state index in [4.69, 9.17) is 10.00 Å². The number of morpholine rings is 1. The Morgan fingerprint density at radius 3 is 2.35 bits per heavy atom. The van der Waals surface area contributed by atoms with Gasteiger partial charge in [-0.15, -0.1) is 0 Å². The highest BCUT2D eigenvalue weighted by atomic mass is 79.9. The normalized spacial score (nSPS) is 18.7. The molecule has 122 valence electrons. The molecule has 0 aromatic heterocycles. The summed E-state index contributed by atoms with van der Waals surface area (Å²) in [6, 6.07) is 7.88. The number of ether oxygens (including phenoxy) is 1. The number of carbonyl (C=O) groups is 1. The highest BCUT2D eigenvalue weighted by Crippen LogP contribution is 2.28. The molecule has 2 amide bonds. The molecular formula is C16H19BrN4O2. The molecule has 1 aromatic rings. The van der Waals surface area contributed by atoms with Crippen LogP contribution >= 0.6 is 15.9 Å². The summed E-state index contributed by atoms with van der Waals surface area (Å²) < 4.78 is 6.22. The van der Waals surface area contributed by atoms with Crippen LogP contribution in [0, 0.1) is 11.3 Å². The van der Waals surface area contributed by atoms with Gasteiger partial charge in [-0.1, -0.05) is 0 Å². The summed E-state index contributed by atoms with van der Waals surface area (Å²) >= 11 is 3.53. The molecule has 7 heteroatoms. The van der Waals surface area contributed by atoms with Gasteiger partial charge in [0.15, 0.2) is 0 Å². The minimum Gasteiger partial charge on any atom is -0.378 e. The lowest BCUT2D eigenvalue weighted by Crippen LogP contribution is -2.54. The summed E-state index contributed by atoms with van der Waals surface area (Å²) in [6.45, 7) is 5.63. The standard InChI is InChI=1S/C16H19BrN4O2/c17-14-11-13(12-18)1-2-15(14)19-3-5-20(6-4-19)16(22)21-7-9-23-10-8-21/h1-2,11H,3-10H2. The molecule has 0 N–H and O–H groups in total. The molecule has 1 aromatic carbocycles. The largest absolute Gasteiger partial charge is 0.378 e. The van der Waals surface area contributed by atoms with Gasteiger partial charge in [-0.05, 0) is 34.1 Å². The van der Waals surface area contributed by atoms with Crippen LogP contribution in [0.3, 0.4) is 0 Å². The summed E-state index contributed by atoms with van der Waals surface area (Å²) in [6.07, 6.45) is 0. The van der Waals surface area contributed by atoms with E-state index in [1.807, 2.05) is 28.0 Å². The van der Waals surface area contributed by atoms with Crippen LogP contribution in [0.1, 0.15) is 5.56 Å². The Hall–Kier alpha value is -1.78. The van der Waals surface area contributed by atoms with Crippen molar-refractivity contribution in [1.29, 1.82) is 5.26 Å². The topological polar surface area (TPSA) is 59.8 Å².